The zero-order chi connectivity index (χ0) is 17.2. The largest absolute Gasteiger partial charge is 0.493 e. The summed E-state index contributed by atoms with van der Waals surface area (Å²) in [4.78, 5) is 14.9. The molecule has 2 N–H and O–H groups in total. The van der Waals surface area contributed by atoms with Crippen LogP contribution in [0.1, 0.15) is 10.5 Å². The van der Waals surface area contributed by atoms with Crippen molar-refractivity contribution < 1.29 is 14.4 Å². The molecule has 0 aliphatic rings. The van der Waals surface area contributed by atoms with E-state index in [4.69, 9.17) is 4.52 Å². The van der Waals surface area contributed by atoms with Crippen LogP contribution in [-0.4, -0.2) is 21.2 Å². The van der Waals surface area contributed by atoms with E-state index in [1.54, 1.807) is 18.2 Å². The number of hydrogen-bond acceptors (Lipinski definition) is 5. The van der Waals surface area contributed by atoms with Crippen LogP contribution in [0.5, 0.6) is 5.88 Å². The Kier molecular flexibility index (Phi) is 3.59. The molecule has 0 atom stereocenters. The fraction of sp³-hybridized carbons (Fsp3) is 0. The summed E-state index contributed by atoms with van der Waals surface area (Å²) in [6.45, 7) is 0. The monoisotopic (exact) mass is 332 g/mol. The molecule has 122 valence electrons. The van der Waals surface area contributed by atoms with Crippen LogP contribution in [0.25, 0.3) is 22.2 Å². The fourth-order valence-corrected chi connectivity index (χ4v) is 2.48. The van der Waals surface area contributed by atoms with E-state index in [1.807, 2.05) is 36.4 Å². The average molecular weight is 332 g/mol. The number of H-pyrrole nitrogens is 1. The number of nitrogens with zero attached hydrogens (tertiary/aromatic N) is 3. The van der Waals surface area contributed by atoms with Gasteiger partial charge in [-0.2, -0.15) is 0 Å². The van der Waals surface area contributed by atoms with Crippen LogP contribution in [-0.2, 0) is 0 Å². The van der Waals surface area contributed by atoms with Gasteiger partial charge in [0.05, 0.1) is 5.52 Å². The number of azo groups is 1. The van der Waals surface area contributed by atoms with Crippen molar-refractivity contribution in [3.8, 4) is 17.2 Å². The number of hydrogen-bond donors (Lipinski definition) is 2. The molecular weight excluding hydrogens is 320 g/mol. The lowest BCUT2D eigenvalue weighted by molar-refractivity contribution is 0.0986. The Labute approximate surface area is 141 Å². The van der Waals surface area contributed by atoms with E-state index >= 15 is 0 Å². The van der Waals surface area contributed by atoms with Gasteiger partial charge in [0.25, 0.3) is 0 Å². The summed E-state index contributed by atoms with van der Waals surface area (Å²) in [5, 5.41) is 21.8. The summed E-state index contributed by atoms with van der Waals surface area (Å²) in [5.74, 6) is -0.340. The number of aromatic hydroxyl groups is 1. The fourth-order valence-electron chi connectivity index (χ4n) is 2.48. The van der Waals surface area contributed by atoms with Crippen LogP contribution in [0.4, 0.5) is 5.69 Å². The van der Waals surface area contributed by atoms with E-state index in [1.165, 1.54) is 6.07 Å². The molecule has 7 heteroatoms. The second kappa shape index (κ2) is 6.04. The van der Waals surface area contributed by atoms with Gasteiger partial charge in [-0.3, -0.25) is 4.79 Å². The number of carbonyl (C=O) groups excluding carboxylic acids is 1. The van der Waals surface area contributed by atoms with Crippen LogP contribution in [0, 0.1) is 0 Å². The lowest BCUT2D eigenvalue weighted by Crippen LogP contribution is -1.92. The minimum absolute atomic E-state index is 0.0435. The second-order valence-corrected chi connectivity index (χ2v) is 5.32. The van der Waals surface area contributed by atoms with Crippen molar-refractivity contribution in [2.24, 2.45) is 10.2 Å². The predicted molar refractivity (Wildman–Crippen MR) is 90.7 cm³/mol. The summed E-state index contributed by atoms with van der Waals surface area (Å²) in [7, 11) is 0. The molecule has 0 spiro atoms. The number of nitrogens with one attached hydrogen (secondary N) is 1. The molecule has 25 heavy (non-hydrogen) atoms. The van der Waals surface area contributed by atoms with E-state index in [0.29, 0.717) is 16.7 Å². The Bertz CT molecular complexity index is 1080. The van der Waals surface area contributed by atoms with Gasteiger partial charge in [0, 0.05) is 17.0 Å². The Hall–Kier alpha value is -3.74. The normalized spacial score (nSPS) is 11.4. The highest BCUT2D eigenvalue weighted by molar-refractivity contribution is 5.96. The van der Waals surface area contributed by atoms with Crippen molar-refractivity contribution >= 4 is 22.5 Å². The molecule has 2 heterocycles. The zero-order valence-corrected chi connectivity index (χ0v) is 12.9. The Morgan fingerprint density at radius 3 is 2.68 bits per heavy atom. The van der Waals surface area contributed by atoms with Crippen LogP contribution in [0.15, 0.2) is 75.4 Å². The Morgan fingerprint density at radius 2 is 1.84 bits per heavy atom. The van der Waals surface area contributed by atoms with E-state index < -0.39 is 5.91 Å². The van der Waals surface area contributed by atoms with Gasteiger partial charge in [0.2, 0.25) is 5.88 Å². The molecular formula is C18H12N4O3. The van der Waals surface area contributed by atoms with E-state index in [2.05, 4.69) is 20.4 Å². The Balaban J connectivity index is 1.61. The van der Waals surface area contributed by atoms with Gasteiger partial charge in [-0.1, -0.05) is 53.7 Å². The number of amides is 1. The van der Waals surface area contributed by atoms with Crippen LogP contribution in [0.2, 0.25) is 0 Å². The molecule has 0 fully saturated rings. The molecule has 0 radical (unpaired) electrons. The molecule has 1 amide bonds. The summed E-state index contributed by atoms with van der Waals surface area (Å²) < 4.78 is 5.17. The molecule has 2 aromatic heterocycles. The highest BCUT2D eigenvalue weighted by Gasteiger charge is 2.15. The first-order valence-electron chi connectivity index (χ1n) is 7.50. The number of aromatic amines is 1. The molecule has 0 bridgehead atoms. The highest BCUT2D eigenvalue weighted by Crippen LogP contribution is 2.35. The lowest BCUT2D eigenvalue weighted by Gasteiger charge is -1.91. The third-order valence-corrected chi connectivity index (χ3v) is 3.69. The number of fused-ring (bicyclic) bond motifs is 1. The third kappa shape index (κ3) is 2.78. The third-order valence-electron chi connectivity index (χ3n) is 3.69. The van der Waals surface area contributed by atoms with Crippen molar-refractivity contribution in [3.63, 3.8) is 0 Å². The van der Waals surface area contributed by atoms with Crippen molar-refractivity contribution in [3.05, 3.63) is 66.4 Å². The maximum absolute atomic E-state index is 12.2. The van der Waals surface area contributed by atoms with Gasteiger partial charge in [-0.05, 0) is 6.07 Å². The van der Waals surface area contributed by atoms with Gasteiger partial charge >= 0.3 is 5.91 Å². The van der Waals surface area contributed by atoms with Crippen LogP contribution >= 0.6 is 0 Å². The maximum Gasteiger partial charge on any atom is 0.317 e. The zero-order valence-electron chi connectivity index (χ0n) is 12.9. The Morgan fingerprint density at radius 1 is 1.08 bits per heavy atom. The smallest absolute Gasteiger partial charge is 0.317 e. The van der Waals surface area contributed by atoms with Gasteiger partial charge in [0.1, 0.15) is 0 Å². The molecule has 0 saturated heterocycles. The second-order valence-electron chi connectivity index (χ2n) is 5.32. The summed E-state index contributed by atoms with van der Waals surface area (Å²) in [5.41, 5.74) is 1.76. The molecule has 0 saturated carbocycles. The summed E-state index contributed by atoms with van der Waals surface area (Å²) >= 11 is 0. The van der Waals surface area contributed by atoms with Gasteiger partial charge in [-0.25, -0.2) is 0 Å². The number of para-hydroxylation sites is 1. The van der Waals surface area contributed by atoms with E-state index in [9.17, 15) is 9.90 Å². The van der Waals surface area contributed by atoms with E-state index in [-0.39, 0.29) is 17.3 Å². The van der Waals surface area contributed by atoms with Crippen molar-refractivity contribution in [1.82, 2.24) is 10.1 Å². The summed E-state index contributed by atoms with van der Waals surface area (Å²) in [6.07, 6.45) is 0. The van der Waals surface area contributed by atoms with Crippen molar-refractivity contribution in [2.45, 2.75) is 0 Å². The molecule has 7 nitrogen and oxygen atoms in total. The van der Waals surface area contributed by atoms with Crippen molar-refractivity contribution in [2.75, 3.05) is 0 Å². The molecule has 4 aromatic rings. The number of carbonyl (C=O) groups is 1. The topological polar surface area (TPSA) is 104 Å². The molecule has 2 aromatic carbocycles. The van der Waals surface area contributed by atoms with Crippen LogP contribution in [0.3, 0.4) is 0 Å². The number of rotatable bonds is 3. The van der Waals surface area contributed by atoms with Gasteiger partial charge in [-0.15, -0.1) is 10.2 Å². The average Bonchev–Trinajstić information content (AvgIpc) is 3.25. The molecule has 4 rings (SSSR count). The first kappa shape index (κ1) is 14.8. The SMILES string of the molecule is O=C(N=Nc1c(O)[nH]c2ccccc12)c1cc(-c2ccccc2)on1. The first-order valence-corrected chi connectivity index (χ1v) is 7.50. The minimum Gasteiger partial charge on any atom is -0.493 e. The molecule has 0 aliphatic carbocycles. The van der Waals surface area contributed by atoms with Crippen molar-refractivity contribution in [1.29, 1.82) is 0 Å². The highest BCUT2D eigenvalue weighted by atomic mass is 16.5. The first-order chi connectivity index (χ1) is 12.2. The van der Waals surface area contributed by atoms with Gasteiger partial charge in [0.15, 0.2) is 17.1 Å². The van der Waals surface area contributed by atoms with E-state index in [0.717, 1.165) is 5.56 Å². The van der Waals surface area contributed by atoms with Gasteiger partial charge < -0.3 is 14.6 Å². The van der Waals surface area contributed by atoms with Crippen LogP contribution < -0.4 is 0 Å². The molecule has 0 aliphatic heterocycles. The minimum atomic E-state index is -0.657. The number of benzene rings is 2. The summed E-state index contributed by atoms with van der Waals surface area (Å²) in [6, 6.07) is 18.0. The molecule has 0 unspecified atom stereocenters. The standard InChI is InChI=1S/C18H12N4O3/c23-17(14-10-15(25-22-14)11-6-2-1-3-7-11)21-20-16-12-8-4-5-9-13(12)19-18(16)24/h1-10,19,24H. The lowest BCUT2D eigenvalue weighted by atomic mass is 10.2. The maximum atomic E-state index is 12.2. The number of aromatic nitrogens is 2. The predicted octanol–water partition coefficient (Wildman–Crippen LogP) is 4.45. The quantitative estimate of drug-likeness (QED) is 0.541.